The number of hydrogen-bond donors (Lipinski definition) is 2. The summed E-state index contributed by atoms with van der Waals surface area (Å²) < 4.78 is 0. The highest BCUT2D eigenvalue weighted by Crippen LogP contribution is 2.25. The molecule has 0 saturated carbocycles. The van der Waals surface area contributed by atoms with E-state index in [1.165, 1.54) is 12.4 Å². The third-order valence-electron chi connectivity index (χ3n) is 3.18. The Morgan fingerprint density at radius 3 is 3.00 bits per heavy atom. The predicted octanol–water partition coefficient (Wildman–Crippen LogP) is 0.459. The van der Waals surface area contributed by atoms with Crippen LogP contribution in [-0.2, 0) is 4.79 Å². The van der Waals surface area contributed by atoms with Gasteiger partial charge in [-0.05, 0) is 19.8 Å². The van der Waals surface area contributed by atoms with Crippen LogP contribution < -0.4 is 10.5 Å². The summed E-state index contributed by atoms with van der Waals surface area (Å²) in [5, 5.41) is 8.97. The van der Waals surface area contributed by atoms with Gasteiger partial charge in [0, 0.05) is 18.7 Å². The minimum absolute atomic E-state index is 0.0825. The lowest BCUT2D eigenvalue weighted by atomic mass is 9.92. The summed E-state index contributed by atoms with van der Waals surface area (Å²) in [6, 6.07) is 1.52. The van der Waals surface area contributed by atoms with Crippen LogP contribution in [0, 0.1) is 5.92 Å². The number of carboxylic acid groups (broad SMARTS) is 1. The first-order valence-corrected chi connectivity index (χ1v) is 5.62. The number of anilines is 1. The van der Waals surface area contributed by atoms with Crippen LogP contribution in [0.5, 0.6) is 0 Å². The standard InChI is InChI=1S/C11H15N3O3/c1-7-4-8(11(16)17)2-3-14(7)9-5-10(15)13-6-12-9/h5-8H,2-4H2,1H3,(H,16,17)(H,12,13,15). The summed E-state index contributed by atoms with van der Waals surface area (Å²) in [6.45, 7) is 2.58. The molecule has 1 saturated heterocycles. The lowest BCUT2D eigenvalue weighted by molar-refractivity contribution is -0.142. The Balaban J connectivity index is 2.14. The maximum Gasteiger partial charge on any atom is 0.306 e. The van der Waals surface area contributed by atoms with E-state index in [2.05, 4.69) is 9.97 Å². The van der Waals surface area contributed by atoms with Gasteiger partial charge in [0.15, 0.2) is 0 Å². The summed E-state index contributed by atoms with van der Waals surface area (Å²) in [5.74, 6) is -0.413. The summed E-state index contributed by atoms with van der Waals surface area (Å²) in [4.78, 5) is 30.7. The van der Waals surface area contributed by atoms with Crippen LogP contribution in [0.1, 0.15) is 19.8 Å². The van der Waals surface area contributed by atoms with E-state index >= 15 is 0 Å². The molecule has 1 aliphatic heterocycles. The molecule has 2 rings (SSSR count). The van der Waals surface area contributed by atoms with Gasteiger partial charge in [-0.3, -0.25) is 9.59 Å². The molecule has 2 unspecified atom stereocenters. The van der Waals surface area contributed by atoms with E-state index in [9.17, 15) is 9.59 Å². The predicted molar refractivity (Wildman–Crippen MR) is 62.0 cm³/mol. The van der Waals surface area contributed by atoms with E-state index < -0.39 is 5.97 Å². The quantitative estimate of drug-likeness (QED) is 0.780. The molecule has 0 radical (unpaired) electrons. The number of aliphatic carboxylic acids is 1. The number of H-pyrrole nitrogens is 1. The fourth-order valence-electron chi connectivity index (χ4n) is 2.25. The first-order valence-electron chi connectivity index (χ1n) is 5.62. The number of rotatable bonds is 2. The number of aromatic nitrogens is 2. The number of aromatic amines is 1. The van der Waals surface area contributed by atoms with Gasteiger partial charge in [0.2, 0.25) is 0 Å². The van der Waals surface area contributed by atoms with Gasteiger partial charge in [-0.1, -0.05) is 0 Å². The molecule has 0 amide bonds. The molecule has 1 fully saturated rings. The molecule has 0 bridgehead atoms. The molecule has 92 valence electrons. The molecule has 2 atom stereocenters. The zero-order valence-corrected chi connectivity index (χ0v) is 9.59. The van der Waals surface area contributed by atoms with Crippen molar-refractivity contribution in [3.05, 3.63) is 22.7 Å². The molecule has 0 aliphatic carbocycles. The Morgan fingerprint density at radius 2 is 2.41 bits per heavy atom. The van der Waals surface area contributed by atoms with Crippen LogP contribution >= 0.6 is 0 Å². The number of nitrogens with one attached hydrogen (secondary N) is 1. The van der Waals surface area contributed by atoms with Gasteiger partial charge in [-0.2, -0.15) is 0 Å². The highest BCUT2D eigenvalue weighted by Gasteiger charge is 2.30. The second-order valence-corrected chi connectivity index (χ2v) is 4.37. The molecule has 1 aromatic rings. The smallest absolute Gasteiger partial charge is 0.306 e. The van der Waals surface area contributed by atoms with Crippen molar-refractivity contribution >= 4 is 11.8 Å². The van der Waals surface area contributed by atoms with Crippen LogP contribution in [0.4, 0.5) is 5.82 Å². The van der Waals surface area contributed by atoms with E-state index in [4.69, 9.17) is 5.11 Å². The molecule has 1 aromatic heterocycles. The highest BCUT2D eigenvalue weighted by atomic mass is 16.4. The van der Waals surface area contributed by atoms with E-state index in [-0.39, 0.29) is 17.5 Å². The summed E-state index contributed by atoms with van der Waals surface area (Å²) >= 11 is 0. The van der Waals surface area contributed by atoms with Crippen molar-refractivity contribution in [1.82, 2.24) is 9.97 Å². The number of hydrogen-bond acceptors (Lipinski definition) is 4. The zero-order valence-electron chi connectivity index (χ0n) is 9.59. The molecule has 0 spiro atoms. The van der Waals surface area contributed by atoms with Crippen molar-refractivity contribution in [2.75, 3.05) is 11.4 Å². The van der Waals surface area contributed by atoms with Crippen LogP contribution in [0.2, 0.25) is 0 Å². The molecule has 0 aromatic carbocycles. The maximum absolute atomic E-state index is 11.2. The van der Waals surface area contributed by atoms with Gasteiger partial charge in [0.25, 0.3) is 5.56 Å². The third-order valence-corrected chi connectivity index (χ3v) is 3.18. The van der Waals surface area contributed by atoms with Crippen LogP contribution in [-0.4, -0.2) is 33.6 Å². The van der Waals surface area contributed by atoms with Crippen molar-refractivity contribution in [3.8, 4) is 0 Å². The highest BCUT2D eigenvalue weighted by molar-refractivity contribution is 5.70. The fraction of sp³-hybridized carbons (Fsp3) is 0.545. The topological polar surface area (TPSA) is 86.3 Å². The summed E-state index contributed by atoms with van der Waals surface area (Å²) in [5.41, 5.74) is -0.192. The van der Waals surface area contributed by atoms with E-state index in [0.29, 0.717) is 25.2 Å². The van der Waals surface area contributed by atoms with E-state index in [1.807, 2.05) is 11.8 Å². The lowest BCUT2D eigenvalue weighted by Gasteiger charge is -2.36. The number of carboxylic acids is 1. The van der Waals surface area contributed by atoms with Crippen molar-refractivity contribution in [2.45, 2.75) is 25.8 Å². The maximum atomic E-state index is 11.2. The largest absolute Gasteiger partial charge is 0.481 e. The summed E-state index contributed by atoms with van der Waals surface area (Å²) in [7, 11) is 0. The van der Waals surface area contributed by atoms with E-state index in [1.54, 1.807) is 0 Å². The van der Waals surface area contributed by atoms with Gasteiger partial charge in [-0.25, -0.2) is 4.98 Å². The normalized spacial score (nSPS) is 24.6. The first kappa shape index (κ1) is 11.6. The molecule has 2 N–H and O–H groups in total. The Kier molecular flexibility index (Phi) is 3.12. The Labute approximate surface area is 98.3 Å². The molecule has 6 nitrogen and oxygen atoms in total. The van der Waals surface area contributed by atoms with Crippen LogP contribution in [0.25, 0.3) is 0 Å². The van der Waals surface area contributed by atoms with Crippen LogP contribution in [0.3, 0.4) is 0 Å². The molecule has 6 heteroatoms. The SMILES string of the molecule is CC1CC(C(=O)O)CCN1c1cc(=O)[nH]cn1. The first-order chi connectivity index (χ1) is 8.08. The van der Waals surface area contributed by atoms with Crippen molar-refractivity contribution in [1.29, 1.82) is 0 Å². The number of carbonyl (C=O) groups is 1. The average molecular weight is 237 g/mol. The Bertz CT molecular complexity index is 471. The molecule has 2 heterocycles. The van der Waals surface area contributed by atoms with Gasteiger partial charge >= 0.3 is 5.97 Å². The van der Waals surface area contributed by atoms with Gasteiger partial charge in [0.1, 0.15) is 5.82 Å². The van der Waals surface area contributed by atoms with Crippen LogP contribution in [0.15, 0.2) is 17.2 Å². The van der Waals surface area contributed by atoms with E-state index in [0.717, 1.165) is 0 Å². The minimum Gasteiger partial charge on any atom is -0.481 e. The second kappa shape index (κ2) is 4.57. The van der Waals surface area contributed by atoms with Gasteiger partial charge in [-0.15, -0.1) is 0 Å². The second-order valence-electron chi connectivity index (χ2n) is 4.37. The Hall–Kier alpha value is -1.85. The molecule has 17 heavy (non-hydrogen) atoms. The number of piperidine rings is 1. The third kappa shape index (κ3) is 2.46. The van der Waals surface area contributed by atoms with Gasteiger partial charge < -0.3 is 15.0 Å². The minimum atomic E-state index is -0.740. The zero-order chi connectivity index (χ0) is 12.4. The van der Waals surface area contributed by atoms with Crippen molar-refractivity contribution in [3.63, 3.8) is 0 Å². The lowest BCUT2D eigenvalue weighted by Crippen LogP contribution is -2.43. The Morgan fingerprint density at radius 1 is 1.65 bits per heavy atom. The summed E-state index contributed by atoms with van der Waals surface area (Å²) in [6.07, 6.45) is 2.55. The van der Waals surface area contributed by atoms with Crippen molar-refractivity contribution < 1.29 is 9.90 Å². The molecular formula is C11H15N3O3. The van der Waals surface area contributed by atoms with Gasteiger partial charge in [0.05, 0.1) is 12.2 Å². The monoisotopic (exact) mass is 237 g/mol. The fourth-order valence-corrected chi connectivity index (χ4v) is 2.25. The average Bonchev–Trinajstić information content (AvgIpc) is 2.28. The molecular weight excluding hydrogens is 222 g/mol. The molecule has 1 aliphatic rings. The van der Waals surface area contributed by atoms with Crippen molar-refractivity contribution in [2.24, 2.45) is 5.92 Å². The number of nitrogens with zero attached hydrogens (tertiary/aromatic N) is 2.